The van der Waals surface area contributed by atoms with Crippen molar-refractivity contribution in [1.82, 2.24) is 15.1 Å². The highest BCUT2D eigenvalue weighted by molar-refractivity contribution is 7.99. The predicted octanol–water partition coefficient (Wildman–Crippen LogP) is 1.16. The van der Waals surface area contributed by atoms with E-state index in [-0.39, 0.29) is 11.7 Å². The van der Waals surface area contributed by atoms with Crippen molar-refractivity contribution in [1.29, 1.82) is 0 Å². The van der Waals surface area contributed by atoms with Gasteiger partial charge < -0.3 is 0 Å². The predicted molar refractivity (Wildman–Crippen MR) is 66.9 cm³/mol. The van der Waals surface area contributed by atoms with Crippen molar-refractivity contribution in [2.45, 2.75) is 6.17 Å². The van der Waals surface area contributed by atoms with E-state index in [1.165, 1.54) is 0 Å². The molecule has 0 aliphatic carbocycles. The Labute approximate surface area is 97.0 Å². The molecule has 0 radical (unpaired) electrons. The number of hydrogen-bond donors (Lipinski definition) is 2. The number of hydrogen-bond acceptors (Lipinski definition) is 3. The number of fused-ring (bicyclic) bond motifs is 1. The highest BCUT2D eigenvalue weighted by Gasteiger charge is 2.17. The van der Waals surface area contributed by atoms with E-state index >= 15 is 0 Å². The molecular weight excluding hydrogens is 222 g/mol. The van der Waals surface area contributed by atoms with E-state index in [4.69, 9.17) is 0 Å². The lowest BCUT2D eigenvalue weighted by atomic mass is 10.2. The summed E-state index contributed by atoms with van der Waals surface area (Å²) in [5, 5.41) is 7.08. The van der Waals surface area contributed by atoms with Gasteiger partial charge in [-0.25, -0.2) is 0 Å². The van der Waals surface area contributed by atoms with Crippen molar-refractivity contribution in [2.24, 2.45) is 0 Å². The zero-order valence-corrected chi connectivity index (χ0v) is 9.59. The minimum absolute atomic E-state index is 0.00651. The number of aromatic amines is 1. The van der Waals surface area contributed by atoms with Crippen LogP contribution in [0.2, 0.25) is 0 Å². The Morgan fingerprint density at radius 2 is 2.25 bits per heavy atom. The number of benzene rings is 1. The molecule has 1 aromatic heterocycles. The topological polar surface area (TPSA) is 49.8 Å². The molecule has 1 aliphatic heterocycles. The number of nitrogens with one attached hydrogen (secondary N) is 2. The molecule has 1 aromatic carbocycles. The van der Waals surface area contributed by atoms with Crippen molar-refractivity contribution in [3.8, 4) is 0 Å². The van der Waals surface area contributed by atoms with Crippen molar-refractivity contribution in [2.75, 3.05) is 18.1 Å². The van der Waals surface area contributed by atoms with Crippen LogP contribution < -0.4 is 10.9 Å². The van der Waals surface area contributed by atoms with Crippen molar-refractivity contribution in [3.05, 3.63) is 34.6 Å². The minimum Gasteiger partial charge on any atom is -0.294 e. The molecule has 1 fully saturated rings. The normalized spacial score (nSPS) is 21.4. The van der Waals surface area contributed by atoms with Crippen LogP contribution in [0.1, 0.15) is 6.17 Å². The fraction of sp³-hybridized carbons (Fsp3) is 0.364. The van der Waals surface area contributed by atoms with Crippen LogP contribution in [0.25, 0.3) is 10.9 Å². The molecule has 4 nitrogen and oxygen atoms in total. The molecule has 84 valence electrons. The van der Waals surface area contributed by atoms with Gasteiger partial charge in [0.1, 0.15) is 6.17 Å². The summed E-state index contributed by atoms with van der Waals surface area (Å²) in [6.07, 6.45) is 0.200. The Bertz CT molecular complexity index is 554. The first-order valence-corrected chi connectivity index (χ1v) is 6.52. The summed E-state index contributed by atoms with van der Waals surface area (Å²) in [7, 11) is 0. The molecule has 16 heavy (non-hydrogen) atoms. The second kappa shape index (κ2) is 3.99. The Hall–Kier alpha value is -1.20. The fourth-order valence-corrected chi connectivity index (χ4v) is 2.99. The van der Waals surface area contributed by atoms with Crippen LogP contribution in [0, 0.1) is 0 Å². The largest absolute Gasteiger partial charge is 0.294 e. The SMILES string of the molecule is O=c1[nH]n(C2CSCCN2)c2ccccc12. The van der Waals surface area contributed by atoms with Crippen LogP contribution in [-0.4, -0.2) is 27.8 Å². The van der Waals surface area contributed by atoms with E-state index < -0.39 is 0 Å². The maximum absolute atomic E-state index is 11.7. The summed E-state index contributed by atoms with van der Waals surface area (Å²) in [6.45, 7) is 0.990. The molecule has 0 bridgehead atoms. The smallest absolute Gasteiger partial charge is 0.272 e. The lowest BCUT2D eigenvalue weighted by Crippen LogP contribution is -2.35. The fourth-order valence-electron chi connectivity index (χ4n) is 2.07. The van der Waals surface area contributed by atoms with Crippen LogP contribution >= 0.6 is 11.8 Å². The second-order valence-electron chi connectivity index (χ2n) is 3.87. The standard InChI is InChI=1S/C11H13N3OS/c15-11-8-3-1-2-4-9(8)14(13-11)10-7-16-6-5-12-10/h1-4,10,12H,5-7H2,(H,13,15). The zero-order chi connectivity index (χ0) is 11.0. The first-order chi connectivity index (χ1) is 7.86. The molecule has 0 saturated carbocycles. The van der Waals surface area contributed by atoms with Crippen molar-refractivity contribution >= 4 is 22.7 Å². The van der Waals surface area contributed by atoms with Crippen LogP contribution in [0.3, 0.4) is 0 Å². The van der Waals surface area contributed by atoms with Gasteiger partial charge in [0.15, 0.2) is 0 Å². The summed E-state index contributed by atoms with van der Waals surface area (Å²) in [5.74, 6) is 2.13. The van der Waals surface area contributed by atoms with Crippen LogP contribution in [0.5, 0.6) is 0 Å². The lowest BCUT2D eigenvalue weighted by Gasteiger charge is -2.24. The summed E-state index contributed by atoms with van der Waals surface area (Å²) in [4.78, 5) is 11.7. The molecule has 1 atom stereocenters. The second-order valence-corrected chi connectivity index (χ2v) is 5.02. The van der Waals surface area contributed by atoms with Gasteiger partial charge in [-0.1, -0.05) is 12.1 Å². The number of rotatable bonds is 1. The minimum atomic E-state index is -0.00651. The number of thioether (sulfide) groups is 1. The highest BCUT2D eigenvalue weighted by Crippen LogP contribution is 2.19. The van der Waals surface area contributed by atoms with E-state index in [1.807, 2.05) is 40.7 Å². The van der Waals surface area contributed by atoms with Gasteiger partial charge in [0, 0.05) is 18.1 Å². The maximum Gasteiger partial charge on any atom is 0.272 e. The molecule has 2 N–H and O–H groups in total. The Kier molecular flexibility index (Phi) is 2.49. The molecule has 1 saturated heterocycles. The molecule has 2 heterocycles. The van der Waals surface area contributed by atoms with Gasteiger partial charge in [-0.05, 0) is 12.1 Å². The third kappa shape index (κ3) is 1.56. The molecular formula is C11H13N3OS. The van der Waals surface area contributed by atoms with Gasteiger partial charge >= 0.3 is 0 Å². The van der Waals surface area contributed by atoms with Gasteiger partial charge in [0.25, 0.3) is 5.56 Å². The quantitative estimate of drug-likeness (QED) is 0.780. The Balaban J connectivity index is 2.12. The number of para-hydroxylation sites is 1. The van der Waals surface area contributed by atoms with Gasteiger partial charge in [-0.15, -0.1) is 0 Å². The number of nitrogens with zero attached hydrogens (tertiary/aromatic N) is 1. The Morgan fingerprint density at radius 1 is 1.38 bits per heavy atom. The molecule has 1 unspecified atom stereocenters. The number of aromatic nitrogens is 2. The molecule has 3 rings (SSSR count). The molecule has 0 spiro atoms. The van der Waals surface area contributed by atoms with E-state index in [9.17, 15) is 4.79 Å². The first-order valence-electron chi connectivity index (χ1n) is 5.36. The number of H-pyrrole nitrogens is 1. The summed E-state index contributed by atoms with van der Waals surface area (Å²) in [5.41, 5.74) is 0.973. The van der Waals surface area contributed by atoms with Crippen molar-refractivity contribution in [3.63, 3.8) is 0 Å². The van der Waals surface area contributed by atoms with E-state index in [1.54, 1.807) is 0 Å². The molecule has 5 heteroatoms. The first kappa shape index (κ1) is 9.99. The van der Waals surface area contributed by atoms with E-state index in [0.29, 0.717) is 0 Å². The van der Waals surface area contributed by atoms with Crippen molar-refractivity contribution < 1.29 is 0 Å². The average Bonchev–Trinajstić information content (AvgIpc) is 2.69. The highest BCUT2D eigenvalue weighted by atomic mass is 32.2. The summed E-state index contributed by atoms with van der Waals surface area (Å²) >= 11 is 1.91. The van der Waals surface area contributed by atoms with E-state index in [2.05, 4.69) is 10.4 Å². The van der Waals surface area contributed by atoms with Gasteiger partial charge in [-0.2, -0.15) is 11.8 Å². The average molecular weight is 235 g/mol. The maximum atomic E-state index is 11.7. The lowest BCUT2D eigenvalue weighted by molar-refractivity contribution is 0.420. The molecule has 1 aliphatic rings. The molecule has 2 aromatic rings. The van der Waals surface area contributed by atoms with Crippen LogP contribution in [0.4, 0.5) is 0 Å². The monoisotopic (exact) mass is 235 g/mol. The Morgan fingerprint density at radius 3 is 3.06 bits per heavy atom. The van der Waals surface area contributed by atoms with E-state index in [0.717, 1.165) is 29.0 Å². The van der Waals surface area contributed by atoms with Gasteiger partial charge in [0.2, 0.25) is 0 Å². The van der Waals surface area contributed by atoms with Crippen LogP contribution in [-0.2, 0) is 0 Å². The summed E-state index contributed by atoms with van der Waals surface area (Å²) in [6, 6.07) is 7.70. The summed E-state index contributed by atoms with van der Waals surface area (Å²) < 4.78 is 1.95. The third-order valence-corrected chi connectivity index (χ3v) is 3.89. The third-order valence-electron chi connectivity index (χ3n) is 2.84. The zero-order valence-electron chi connectivity index (χ0n) is 8.77. The van der Waals surface area contributed by atoms with Crippen LogP contribution in [0.15, 0.2) is 29.1 Å². The molecule has 0 amide bonds. The van der Waals surface area contributed by atoms with Gasteiger partial charge in [0.05, 0.1) is 10.9 Å². The van der Waals surface area contributed by atoms with Gasteiger partial charge in [-0.3, -0.25) is 19.9 Å².